The van der Waals surface area contributed by atoms with Crippen LogP contribution >= 0.6 is 11.7 Å². The first-order chi connectivity index (χ1) is 9.16. The molecule has 1 aromatic carbocycles. The van der Waals surface area contributed by atoms with E-state index in [-0.39, 0.29) is 11.4 Å². The third-order valence-corrected chi connectivity index (χ3v) is 2.56. The molecule has 0 aliphatic rings. The number of hydrogen-bond acceptors (Lipinski definition) is 6. The minimum Gasteiger partial charge on any atom is -0.480 e. The first kappa shape index (κ1) is 13.0. The molecule has 0 aliphatic heterocycles. The predicted molar refractivity (Wildman–Crippen MR) is 67.4 cm³/mol. The summed E-state index contributed by atoms with van der Waals surface area (Å²) in [6, 6.07) is 6.55. The molecule has 7 nitrogen and oxygen atoms in total. The Morgan fingerprint density at radius 3 is 2.84 bits per heavy atom. The van der Waals surface area contributed by atoms with E-state index in [1.54, 1.807) is 24.3 Å². The van der Waals surface area contributed by atoms with Crippen LogP contribution in [0.5, 0.6) is 5.75 Å². The van der Waals surface area contributed by atoms with Crippen molar-refractivity contribution in [1.82, 2.24) is 8.75 Å². The molecular weight excluding hydrogens is 270 g/mol. The van der Waals surface area contributed by atoms with Gasteiger partial charge in [0.1, 0.15) is 5.75 Å². The van der Waals surface area contributed by atoms with Crippen LogP contribution in [0, 0.1) is 0 Å². The number of benzene rings is 1. The van der Waals surface area contributed by atoms with Crippen molar-refractivity contribution in [2.24, 2.45) is 0 Å². The molecule has 0 radical (unpaired) electrons. The molecule has 0 spiro atoms. The van der Waals surface area contributed by atoms with Crippen LogP contribution in [0.15, 0.2) is 30.5 Å². The number of nitrogens with one attached hydrogen (secondary N) is 1. The monoisotopic (exact) mass is 279 g/mol. The van der Waals surface area contributed by atoms with E-state index in [1.807, 2.05) is 0 Å². The Hall–Kier alpha value is -2.48. The molecule has 0 aliphatic carbocycles. The molecule has 0 unspecified atom stereocenters. The van der Waals surface area contributed by atoms with Crippen LogP contribution in [-0.2, 0) is 4.79 Å². The van der Waals surface area contributed by atoms with E-state index in [1.165, 1.54) is 6.20 Å². The zero-order chi connectivity index (χ0) is 13.7. The average molecular weight is 279 g/mol. The SMILES string of the molecule is O=C(O)COc1ccccc1NC(=O)c1cnsn1. The first-order valence-electron chi connectivity index (χ1n) is 5.19. The summed E-state index contributed by atoms with van der Waals surface area (Å²) in [5.74, 6) is -1.24. The summed E-state index contributed by atoms with van der Waals surface area (Å²) in [5.41, 5.74) is 0.569. The molecule has 2 aromatic rings. The van der Waals surface area contributed by atoms with Crippen LogP contribution in [0.1, 0.15) is 10.5 Å². The number of carboxylic acid groups (broad SMARTS) is 1. The lowest BCUT2D eigenvalue weighted by Gasteiger charge is -2.10. The van der Waals surface area contributed by atoms with Gasteiger partial charge in [0.25, 0.3) is 5.91 Å². The van der Waals surface area contributed by atoms with E-state index in [2.05, 4.69) is 14.1 Å². The van der Waals surface area contributed by atoms with Crippen LogP contribution in [0.4, 0.5) is 5.69 Å². The fourth-order valence-corrected chi connectivity index (χ4v) is 1.70. The maximum absolute atomic E-state index is 11.8. The zero-order valence-corrected chi connectivity index (χ0v) is 10.4. The van der Waals surface area contributed by atoms with Crippen LogP contribution in [0.2, 0.25) is 0 Å². The topological polar surface area (TPSA) is 101 Å². The van der Waals surface area contributed by atoms with Gasteiger partial charge in [-0.05, 0) is 12.1 Å². The number of carbonyl (C=O) groups is 2. The molecule has 8 heteroatoms. The molecule has 1 heterocycles. The summed E-state index contributed by atoms with van der Waals surface area (Å²) in [7, 11) is 0. The fourth-order valence-electron chi connectivity index (χ4n) is 1.29. The number of hydrogen-bond donors (Lipinski definition) is 2. The number of carboxylic acids is 1. The lowest BCUT2D eigenvalue weighted by molar-refractivity contribution is -0.139. The maximum atomic E-state index is 11.8. The number of carbonyl (C=O) groups excluding carboxylic acids is 1. The summed E-state index contributed by atoms with van der Waals surface area (Å²) in [4.78, 5) is 22.3. The van der Waals surface area contributed by atoms with Gasteiger partial charge in [0.2, 0.25) is 0 Å². The van der Waals surface area contributed by atoms with Crippen LogP contribution in [-0.4, -0.2) is 32.3 Å². The van der Waals surface area contributed by atoms with Crippen LogP contribution < -0.4 is 10.1 Å². The Kier molecular flexibility index (Phi) is 4.04. The number of para-hydroxylation sites is 2. The van der Waals surface area contributed by atoms with Crippen molar-refractivity contribution in [3.8, 4) is 5.75 Å². The van der Waals surface area contributed by atoms with Crippen molar-refractivity contribution >= 4 is 29.3 Å². The minimum atomic E-state index is -1.09. The highest BCUT2D eigenvalue weighted by Gasteiger charge is 2.12. The molecule has 2 N–H and O–H groups in total. The van der Waals surface area contributed by atoms with Gasteiger partial charge in [0, 0.05) is 0 Å². The Morgan fingerprint density at radius 1 is 1.37 bits per heavy atom. The van der Waals surface area contributed by atoms with Gasteiger partial charge >= 0.3 is 5.97 Å². The van der Waals surface area contributed by atoms with Gasteiger partial charge in [0.15, 0.2) is 12.3 Å². The molecule has 0 saturated heterocycles. The summed E-state index contributed by atoms with van der Waals surface area (Å²) >= 11 is 0.927. The molecule has 1 aromatic heterocycles. The van der Waals surface area contributed by atoms with Gasteiger partial charge in [-0.15, -0.1) is 0 Å². The molecular formula is C11H9N3O4S. The second-order valence-electron chi connectivity index (χ2n) is 3.43. The second kappa shape index (κ2) is 5.91. The lowest BCUT2D eigenvalue weighted by atomic mass is 10.3. The highest BCUT2D eigenvalue weighted by Crippen LogP contribution is 2.24. The van der Waals surface area contributed by atoms with Gasteiger partial charge in [-0.3, -0.25) is 4.79 Å². The minimum absolute atomic E-state index is 0.193. The van der Waals surface area contributed by atoms with Gasteiger partial charge in [-0.25, -0.2) is 4.79 Å². The van der Waals surface area contributed by atoms with Crippen molar-refractivity contribution < 1.29 is 19.4 Å². The summed E-state index contributed by atoms with van der Waals surface area (Å²) < 4.78 is 12.6. The lowest BCUT2D eigenvalue weighted by Crippen LogP contribution is -2.15. The van der Waals surface area contributed by atoms with E-state index in [9.17, 15) is 9.59 Å². The molecule has 0 bridgehead atoms. The first-order valence-corrected chi connectivity index (χ1v) is 5.92. The largest absolute Gasteiger partial charge is 0.480 e. The number of ether oxygens (including phenoxy) is 1. The number of anilines is 1. The van der Waals surface area contributed by atoms with Gasteiger partial charge in [-0.2, -0.15) is 8.75 Å². The van der Waals surface area contributed by atoms with Crippen LogP contribution in [0.25, 0.3) is 0 Å². The summed E-state index contributed by atoms with van der Waals surface area (Å²) in [6.45, 7) is -0.481. The van der Waals surface area contributed by atoms with E-state index < -0.39 is 18.5 Å². The second-order valence-corrected chi connectivity index (χ2v) is 3.98. The number of aliphatic carboxylic acids is 1. The van der Waals surface area contributed by atoms with Crippen LogP contribution in [0.3, 0.4) is 0 Å². The molecule has 2 rings (SSSR count). The Balaban J connectivity index is 2.11. The van der Waals surface area contributed by atoms with Crippen molar-refractivity contribution in [2.45, 2.75) is 0 Å². The van der Waals surface area contributed by atoms with E-state index >= 15 is 0 Å². The molecule has 0 saturated carbocycles. The van der Waals surface area contributed by atoms with Gasteiger partial charge in [0.05, 0.1) is 23.6 Å². The van der Waals surface area contributed by atoms with Crippen molar-refractivity contribution in [2.75, 3.05) is 11.9 Å². The predicted octanol–water partition coefficient (Wildman–Crippen LogP) is 1.25. The smallest absolute Gasteiger partial charge is 0.341 e. The summed E-state index contributed by atoms with van der Waals surface area (Å²) in [5, 5.41) is 11.2. The molecule has 1 amide bonds. The third-order valence-electron chi connectivity index (χ3n) is 2.08. The number of nitrogens with zero attached hydrogens (tertiary/aromatic N) is 2. The number of aromatic nitrogens is 2. The Bertz CT molecular complexity index is 585. The van der Waals surface area contributed by atoms with Gasteiger partial charge in [-0.1, -0.05) is 12.1 Å². The highest BCUT2D eigenvalue weighted by atomic mass is 32.1. The molecule has 0 fully saturated rings. The quantitative estimate of drug-likeness (QED) is 0.854. The maximum Gasteiger partial charge on any atom is 0.341 e. The standard InChI is InChI=1S/C11H9N3O4S/c15-10(16)6-18-9-4-2-1-3-7(9)13-11(17)8-5-12-19-14-8/h1-5H,6H2,(H,13,17)(H,15,16). The van der Waals surface area contributed by atoms with Crippen molar-refractivity contribution in [1.29, 1.82) is 0 Å². The fraction of sp³-hybridized carbons (Fsp3) is 0.0909. The molecule has 19 heavy (non-hydrogen) atoms. The Morgan fingerprint density at radius 2 is 2.16 bits per heavy atom. The Labute approximate surface area is 112 Å². The van der Waals surface area contributed by atoms with Crippen molar-refractivity contribution in [3.05, 3.63) is 36.2 Å². The van der Waals surface area contributed by atoms with E-state index in [4.69, 9.17) is 9.84 Å². The van der Waals surface area contributed by atoms with E-state index in [0.29, 0.717) is 5.69 Å². The van der Waals surface area contributed by atoms with Gasteiger partial charge < -0.3 is 15.2 Å². The number of amides is 1. The molecule has 0 atom stereocenters. The average Bonchev–Trinajstić information content (AvgIpc) is 2.91. The highest BCUT2D eigenvalue weighted by molar-refractivity contribution is 6.99. The zero-order valence-electron chi connectivity index (χ0n) is 9.57. The third kappa shape index (κ3) is 3.49. The normalized spacial score (nSPS) is 9.89. The summed E-state index contributed by atoms with van der Waals surface area (Å²) in [6.07, 6.45) is 1.35. The van der Waals surface area contributed by atoms with E-state index in [0.717, 1.165) is 11.7 Å². The molecule has 98 valence electrons. The van der Waals surface area contributed by atoms with Crippen molar-refractivity contribution in [3.63, 3.8) is 0 Å². The number of rotatable bonds is 5.